The second kappa shape index (κ2) is 7.11. The third-order valence-corrected chi connectivity index (χ3v) is 3.67. The monoisotopic (exact) mass is 289 g/mol. The lowest BCUT2D eigenvalue weighted by Gasteiger charge is -2.15. The average molecular weight is 289 g/mol. The number of fused-ring (bicyclic) bond motifs is 1. The molecule has 5 nitrogen and oxygen atoms in total. The van der Waals surface area contributed by atoms with Crippen LogP contribution in [0.4, 0.5) is 4.79 Å². The Morgan fingerprint density at radius 2 is 1.90 bits per heavy atom. The third-order valence-electron chi connectivity index (χ3n) is 3.67. The molecule has 21 heavy (non-hydrogen) atoms. The van der Waals surface area contributed by atoms with Gasteiger partial charge in [0.1, 0.15) is 0 Å². The van der Waals surface area contributed by atoms with Gasteiger partial charge in [0.05, 0.1) is 6.04 Å². The molecular weight excluding hydrogens is 266 g/mol. The largest absolute Gasteiger partial charge is 0.354 e. The van der Waals surface area contributed by atoms with E-state index in [1.807, 2.05) is 26.0 Å². The number of aryl methyl sites for hydroxylation is 1. The Morgan fingerprint density at radius 3 is 2.67 bits per heavy atom. The molecule has 0 fully saturated rings. The molecule has 5 heteroatoms. The molecule has 3 amide bonds. The molecule has 1 aliphatic carbocycles. The molecule has 1 aromatic rings. The number of carbonyl (C=O) groups is 2. The van der Waals surface area contributed by atoms with Gasteiger partial charge in [0.15, 0.2) is 0 Å². The van der Waals surface area contributed by atoms with Gasteiger partial charge in [-0.3, -0.25) is 4.79 Å². The molecule has 0 unspecified atom stereocenters. The first-order valence-corrected chi connectivity index (χ1v) is 7.48. The van der Waals surface area contributed by atoms with Crippen molar-refractivity contribution in [1.82, 2.24) is 16.0 Å². The first-order valence-electron chi connectivity index (χ1n) is 7.48. The van der Waals surface area contributed by atoms with Crippen LogP contribution >= 0.6 is 0 Å². The second-order valence-electron chi connectivity index (χ2n) is 5.64. The van der Waals surface area contributed by atoms with Gasteiger partial charge in [-0.05, 0) is 24.0 Å². The topological polar surface area (TPSA) is 70.2 Å². The van der Waals surface area contributed by atoms with Crippen LogP contribution in [0.15, 0.2) is 24.3 Å². The SMILES string of the molecule is CC(C)C(=O)NCCNC(=O)N[C@@H]1CCc2ccccc21. The summed E-state index contributed by atoms with van der Waals surface area (Å²) >= 11 is 0. The summed E-state index contributed by atoms with van der Waals surface area (Å²) in [6, 6.07) is 8.10. The van der Waals surface area contributed by atoms with Crippen molar-refractivity contribution in [2.24, 2.45) is 5.92 Å². The van der Waals surface area contributed by atoms with Crippen molar-refractivity contribution in [2.75, 3.05) is 13.1 Å². The van der Waals surface area contributed by atoms with Crippen LogP contribution in [-0.2, 0) is 11.2 Å². The molecule has 0 saturated heterocycles. The fraction of sp³-hybridized carbons (Fsp3) is 0.500. The number of carbonyl (C=O) groups excluding carboxylic acids is 2. The molecule has 114 valence electrons. The standard InChI is InChI=1S/C16H23N3O2/c1-11(2)15(20)17-9-10-18-16(21)19-14-8-7-12-5-3-4-6-13(12)14/h3-6,11,14H,7-10H2,1-2H3,(H,17,20)(H2,18,19,21)/t14-/m1/s1. The maximum absolute atomic E-state index is 11.9. The zero-order valence-electron chi connectivity index (χ0n) is 12.6. The minimum Gasteiger partial charge on any atom is -0.354 e. The molecule has 0 aliphatic heterocycles. The summed E-state index contributed by atoms with van der Waals surface area (Å²) in [6.07, 6.45) is 1.95. The van der Waals surface area contributed by atoms with E-state index < -0.39 is 0 Å². The van der Waals surface area contributed by atoms with E-state index in [4.69, 9.17) is 0 Å². The summed E-state index contributed by atoms with van der Waals surface area (Å²) in [4.78, 5) is 23.2. The van der Waals surface area contributed by atoms with Crippen molar-refractivity contribution < 1.29 is 9.59 Å². The molecule has 0 aromatic heterocycles. The van der Waals surface area contributed by atoms with Crippen LogP contribution in [0, 0.1) is 5.92 Å². The zero-order valence-corrected chi connectivity index (χ0v) is 12.6. The molecule has 1 atom stereocenters. The van der Waals surface area contributed by atoms with Crippen LogP contribution in [-0.4, -0.2) is 25.0 Å². The Kier molecular flexibility index (Phi) is 5.20. The van der Waals surface area contributed by atoms with Gasteiger partial charge in [0.25, 0.3) is 0 Å². The van der Waals surface area contributed by atoms with Crippen LogP contribution in [0.5, 0.6) is 0 Å². The third kappa shape index (κ3) is 4.21. The molecular formula is C16H23N3O2. The molecule has 2 rings (SSSR count). The highest BCUT2D eigenvalue weighted by Gasteiger charge is 2.23. The quantitative estimate of drug-likeness (QED) is 0.723. The number of hydrogen-bond acceptors (Lipinski definition) is 2. The number of nitrogens with one attached hydrogen (secondary N) is 3. The summed E-state index contributed by atoms with van der Waals surface area (Å²) in [5.74, 6) is -0.0317. The Labute approximate surface area is 125 Å². The van der Waals surface area contributed by atoms with Crippen LogP contribution in [0.2, 0.25) is 0 Å². The van der Waals surface area contributed by atoms with Gasteiger partial charge in [-0.1, -0.05) is 38.1 Å². The highest BCUT2D eigenvalue weighted by atomic mass is 16.2. The Balaban J connectivity index is 1.70. The number of urea groups is 1. The Morgan fingerprint density at radius 1 is 1.19 bits per heavy atom. The van der Waals surface area contributed by atoms with Gasteiger partial charge in [0, 0.05) is 19.0 Å². The van der Waals surface area contributed by atoms with E-state index in [-0.39, 0.29) is 23.9 Å². The predicted octanol–water partition coefficient (Wildman–Crippen LogP) is 1.75. The first-order chi connectivity index (χ1) is 10.1. The lowest BCUT2D eigenvalue weighted by Crippen LogP contribution is -2.41. The number of rotatable bonds is 5. The summed E-state index contributed by atoms with van der Waals surface area (Å²) in [7, 11) is 0. The molecule has 1 aromatic carbocycles. The Bertz CT molecular complexity index is 514. The summed E-state index contributed by atoms with van der Waals surface area (Å²) < 4.78 is 0. The van der Waals surface area contributed by atoms with E-state index in [2.05, 4.69) is 28.1 Å². The Hall–Kier alpha value is -2.04. The summed E-state index contributed by atoms with van der Waals surface area (Å²) in [5.41, 5.74) is 2.52. The van der Waals surface area contributed by atoms with E-state index in [0.29, 0.717) is 13.1 Å². The average Bonchev–Trinajstić information content (AvgIpc) is 2.86. The molecule has 0 radical (unpaired) electrons. The van der Waals surface area contributed by atoms with E-state index in [1.54, 1.807) is 0 Å². The van der Waals surface area contributed by atoms with Crippen molar-refractivity contribution >= 4 is 11.9 Å². The normalized spacial score (nSPS) is 16.4. The van der Waals surface area contributed by atoms with E-state index in [9.17, 15) is 9.59 Å². The smallest absolute Gasteiger partial charge is 0.315 e. The van der Waals surface area contributed by atoms with Crippen molar-refractivity contribution in [3.05, 3.63) is 35.4 Å². The van der Waals surface area contributed by atoms with Gasteiger partial charge in [-0.15, -0.1) is 0 Å². The van der Waals surface area contributed by atoms with Crippen LogP contribution in [0.25, 0.3) is 0 Å². The summed E-state index contributed by atoms with van der Waals surface area (Å²) in [6.45, 7) is 4.56. The molecule has 0 spiro atoms. The van der Waals surface area contributed by atoms with E-state index in [1.165, 1.54) is 11.1 Å². The molecule has 1 aliphatic rings. The minimum atomic E-state index is -0.185. The lowest BCUT2D eigenvalue weighted by molar-refractivity contribution is -0.123. The van der Waals surface area contributed by atoms with Crippen molar-refractivity contribution in [2.45, 2.75) is 32.7 Å². The van der Waals surface area contributed by atoms with E-state index in [0.717, 1.165) is 12.8 Å². The van der Waals surface area contributed by atoms with Crippen LogP contribution in [0.3, 0.4) is 0 Å². The molecule has 0 saturated carbocycles. The van der Waals surface area contributed by atoms with Gasteiger partial charge in [-0.25, -0.2) is 4.79 Å². The van der Waals surface area contributed by atoms with Gasteiger partial charge in [-0.2, -0.15) is 0 Å². The predicted molar refractivity (Wildman–Crippen MR) is 81.9 cm³/mol. The van der Waals surface area contributed by atoms with Crippen LogP contribution < -0.4 is 16.0 Å². The van der Waals surface area contributed by atoms with Gasteiger partial charge >= 0.3 is 6.03 Å². The first kappa shape index (κ1) is 15.4. The maximum Gasteiger partial charge on any atom is 0.315 e. The number of amides is 3. The second-order valence-corrected chi connectivity index (χ2v) is 5.64. The molecule has 3 N–H and O–H groups in total. The number of hydrogen-bond donors (Lipinski definition) is 3. The molecule has 0 bridgehead atoms. The van der Waals surface area contributed by atoms with Gasteiger partial charge in [0.2, 0.25) is 5.91 Å². The summed E-state index contributed by atoms with van der Waals surface area (Å²) in [5, 5.41) is 8.52. The maximum atomic E-state index is 11.9. The molecule has 0 heterocycles. The highest BCUT2D eigenvalue weighted by molar-refractivity contribution is 5.78. The van der Waals surface area contributed by atoms with Crippen molar-refractivity contribution in [1.29, 1.82) is 0 Å². The number of benzene rings is 1. The fourth-order valence-electron chi connectivity index (χ4n) is 2.48. The van der Waals surface area contributed by atoms with Crippen LogP contribution in [0.1, 0.15) is 37.4 Å². The fourth-order valence-corrected chi connectivity index (χ4v) is 2.48. The van der Waals surface area contributed by atoms with Crippen molar-refractivity contribution in [3.8, 4) is 0 Å². The van der Waals surface area contributed by atoms with Gasteiger partial charge < -0.3 is 16.0 Å². The van der Waals surface area contributed by atoms with Crippen molar-refractivity contribution in [3.63, 3.8) is 0 Å². The van der Waals surface area contributed by atoms with E-state index >= 15 is 0 Å². The lowest BCUT2D eigenvalue weighted by atomic mass is 10.1. The highest BCUT2D eigenvalue weighted by Crippen LogP contribution is 2.30. The minimum absolute atomic E-state index is 0.00179. The zero-order chi connectivity index (χ0) is 15.2.